The van der Waals surface area contributed by atoms with Crippen molar-refractivity contribution in [3.8, 4) is 0 Å². The van der Waals surface area contributed by atoms with Crippen molar-refractivity contribution in [3.63, 3.8) is 0 Å². The van der Waals surface area contributed by atoms with Crippen LogP contribution < -0.4 is 5.32 Å². The number of hydrogen-bond donors (Lipinski definition) is 1. The highest BCUT2D eigenvalue weighted by Crippen LogP contribution is 2.92. The molecule has 0 aromatic heterocycles. The summed E-state index contributed by atoms with van der Waals surface area (Å²) in [6, 6.07) is 19.4. The Morgan fingerprint density at radius 3 is 2.35 bits per heavy atom. The molecule has 1 N–H and O–H groups in total. The molecule has 0 saturated heterocycles. The van der Waals surface area contributed by atoms with E-state index in [0.717, 1.165) is 6.42 Å². The third kappa shape index (κ3) is 1.24. The van der Waals surface area contributed by atoms with Crippen LogP contribution in [0, 0.1) is 10.8 Å². The minimum atomic E-state index is -0.262. The molecule has 1 amide bonds. The fraction of sp³-hybridized carbons (Fsp3) is 0.381. The van der Waals surface area contributed by atoms with Crippen LogP contribution in [0.1, 0.15) is 47.8 Å². The van der Waals surface area contributed by atoms with Gasteiger partial charge in [-0.3, -0.25) is 4.79 Å². The van der Waals surface area contributed by atoms with Gasteiger partial charge in [-0.05, 0) is 34.4 Å². The van der Waals surface area contributed by atoms with Crippen LogP contribution in [-0.2, 0) is 4.79 Å². The van der Waals surface area contributed by atoms with Crippen LogP contribution in [0.25, 0.3) is 0 Å². The molecule has 2 aromatic rings. The number of benzene rings is 2. The van der Waals surface area contributed by atoms with Crippen molar-refractivity contribution in [3.05, 3.63) is 71.3 Å². The number of carbonyl (C=O) groups excluding carboxylic acids is 1. The number of nitrogens with one attached hydrogen (secondary N) is 1. The summed E-state index contributed by atoms with van der Waals surface area (Å²) in [6.45, 7) is 2.35. The minimum Gasteiger partial charge on any atom is -0.359 e. The van der Waals surface area contributed by atoms with Crippen LogP contribution in [0.15, 0.2) is 54.6 Å². The standard InChI is InChI=1S/C21H21NO/c1-20-17-12-16(13-8-4-3-5-9-13)21(20,19(23)22-2)18(20)15-11-7-6-10-14(15)17/h3-11,16-18H,12H2,1-2H3,(H,22,23)/t16-,17+,18?,20?,21-/m1/s1. The van der Waals surface area contributed by atoms with Gasteiger partial charge in [0.1, 0.15) is 0 Å². The molecule has 5 atom stereocenters. The minimum absolute atomic E-state index is 0.0806. The summed E-state index contributed by atoms with van der Waals surface area (Å²) in [5.41, 5.74) is 4.04. The Morgan fingerprint density at radius 1 is 1.00 bits per heavy atom. The maximum Gasteiger partial charge on any atom is 0.227 e. The second-order valence-corrected chi connectivity index (χ2v) is 7.54. The van der Waals surface area contributed by atoms with Crippen LogP contribution >= 0.6 is 0 Å². The van der Waals surface area contributed by atoms with Crippen molar-refractivity contribution in [1.82, 2.24) is 5.32 Å². The van der Waals surface area contributed by atoms with E-state index in [0.29, 0.717) is 17.8 Å². The highest BCUT2D eigenvalue weighted by molar-refractivity contribution is 5.93. The van der Waals surface area contributed by atoms with E-state index in [1.165, 1.54) is 16.7 Å². The maximum atomic E-state index is 13.1. The SMILES string of the molecule is CNC(=O)[C@]12C3c4ccccc4[C@H](C[C@@H]1c1ccccc1)C32C. The van der Waals surface area contributed by atoms with Gasteiger partial charge in [0, 0.05) is 18.9 Å². The fourth-order valence-electron chi connectivity index (χ4n) is 6.34. The lowest BCUT2D eigenvalue weighted by atomic mass is 9.80. The molecule has 2 nitrogen and oxygen atoms in total. The van der Waals surface area contributed by atoms with Crippen molar-refractivity contribution in [1.29, 1.82) is 0 Å². The zero-order valence-electron chi connectivity index (χ0n) is 13.5. The lowest BCUT2D eigenvalue weighted by Gasteiger charge is -2.25. The van der Waals surface area contributed by atoms with Gasteiger partial charge in [-0.1, -0.05) is 61.5 Å². The van der Waals surface area contributed by atoms with Gasteiger partial charge in [0.05, 0.1) is 5.41 Å². The number of amides is 1. The Labute approximate surface area is 136 Å². The van der Waals surface area contributed by atoms with E-state index in [1.54, 1.807) is 7.05 Å². The summed E-state index contributed by atoms with van der Waals surface area (Å²) in [6.07, 6.45) is 1.08. The third-order valence-corrected chi connectivity index (χ3v) is 7.10. The van der Waals surface area contributed by atoms with E-state index in [1.807, 2.05) is 0 Å². The summed E-state index contributed by atoms with van der Waals surface area (Å²) in [4.78, 5) is 13.1. The first kappa shape index (κ1) is 13.4. The fourth-order valence-corrected chi connectivity index (χ4v) is 6.34. The highest BCUT2D eigenvalue weighted by Gasteiger charge is 2.88. The van der Waals surface area contributed by atoms with Gasteiger partial charge in [-0.25, -0.2) is 0 Å². The lowest BCUT2D eigenvalue weighted by molar-refractivity contribution is -0.127. The normalized spacial score (nSPS) is 38.8. The molecule has 3 aliphatic carbocycles. The highest BCUT2D eigenvalue weighted by atomic mass is 16.2. The largest absolute Gasteiger partial charge is 0.359 e. The van der Waals surface area contributed by atoms with E-state index in [-0.39, 0.29) is 16.7 Å². The van der Waals surface area contributed by atoms with Gasteiger partial charge < -0.3 is 5.32 Å². The smallest absolute Gasteiger partial charge is 0.227 e. The molecular weight excluding hydrogens is 282 g/mol. The number of fused-ring (bicyclic) bond motifs is 4. The summed E-state index contributed by atoms with van der Waals surface area (Å²) < 4.78 is 0. The summed E-state index contributed by atoms with van der Waals surface area (Å²) in [5, 5.41) is 2.99. The molecule has 116 valence electrons. The predicted octanol–water partition coefficient (Wildman–Crippen LogP) is 3.81. The van der Waals surface area contributed by atoms with Gasteiger partial charge in [0.25, 0.3) is 0 Å². The second-order valence-electron chi connectivity index (χ2n) is 7.54. The van der Waals surface area contributed by atoms with Gasteiger partial charge in [-0.2, -0.15) is 0 Å². The second kappa shape index (κ2) is 4.05. The van der Waals surface area contributed by atoms with Crippen LogP contribution in [0.4, 0.5) is 0 Å². The Balaban J connectivity index is 1.73. The molecule has 2 heteroatoms. The quantitative estimate of drug-likeness (QED) is 0.898. The Hall–Kier alpha value is -2.09. The predicted molar refractivity (Wildman–Crippen MR) is 90.3 cm³/mol. The molecule has 2 fully saturated rings. The molecule has 2 aromatic carbocycles. The van der Waals surface area contributed by atoms with Crippen LogP contribution in [0.3, 0.4) is 0 Å². The Bertz CT molecular complexity index is 814. The van der Waals surface area contributed by atoms with Gasteiger partial charge in [0.15, 0.2) is 0 Å². The lowest BCUT2D eigenvalue weighted by Crippen LogP contribution is -2.35. The van der Waals surface area contributed by atoms with E-state index >= 15 is 0 Å². The molecular formula is C21H21NO. The summed E-state index contributed by atoms with van der Waals surface area (Å²) >= 11 is 0. The molecule has 0 bridgehead atoms. The molecule has 3 aliphatic rings. The van der Waals surface area contributed by atoms with Gasteiger partial charge in [-0.15, -0.1) is 0 Å². The first-order valence-corrected chi connectivity index (χ1v) is 8.53. The van der Waals surface area contributed by atoms with Crippen LogP contribution in [-0.4, -0.2) is 13.0 Å². The van der Waals surface area contributed by atoms with Crippen molar-refractivity contribution in [2.75, 3.05) is 7.05 Å². The molecule has 0 aliphatic heterocycles. The topological polar surface area (TPSA) is 29.1 Å². The van der Waals surface area contributed by atoms with Crippen LogP contribution in [0.5, 0.6) is 0 Å². The van der Waals surface area contributed by atoms with E-state index < -0.39 is 0 Å². The van der Waals surface area contributed by atoms with Crippen molar-refractivity contribution >= 4 is 5.91 Å². The Kier molecular flexibility index (Phi) is 2.35. The molecule has 0 radical (unpaired) electrons. The molecule has 0 heterocycles. The first-order chi connectivity index (χ1) is 11.2. The van der Waals surface area contributed by atoms with E-state index in [9.17, 15) is 4.79 Å². The van der Waals surface area contributed by atoms with Crippen molar-refractivity contribution in [2.24, 2.45) is 10.8 Å². The average Bonchev–Trinajstić information content (AvgIpc) is 2.99. The number of carbonyl (C=O) groups is 1. The molecule has 2 unspecified atom stereocenters. The van der Waals surface area contributed by atoms with Crippen molar-refractivity contribution < 1.29 is 4.79 Å². The van der Waals surface area contributed by atoms with Crippen molar-refractivity contribution in [2.45, 2.75) is 31.1 Å². The molecule has 0 spiro atoms. The van der Waals surface area contributed by atoms with Gasteiger partial charge >= 0.3 is 0 Å². The summed E-state index contributed by atoms with van der Waals surface area (Å²) in [7, 11) is 1.79. The maximum absolute atomic E-state index is 13.1. The summed E-state index contributed by atoms with van der Waals surface area (Å²) in [5.74, 6) is 1.42. The average molecular weight is 303 g/mol. The molecule has 5 rings (SSSR count). The first-order valence-electron chi connectivity index (χ1n) is 8.53. The monoisotopic (exact) mass is 303 g/mol. The number of rotatable bonds is 2. The van der Waals surface area contributed by atoms with E-state index in [4.69, 9.17) is 0 Å². The zero-order valence-corrected chi connectivity index (χ0v) is 13.5. The number of hydrogen-bond acceptors (Lipinski definition) is 1. The van der Waals surface area contributed by atoms with E-state index in [2.05, 4.69) is 66.8 Å². The molecule has 2 saturated carbocycles. The Morgan fingerprint density at radius 2 is 1.65 bits per heavy atom. The van der Waals surface area contributed by atoms with Crippen LogP contribution in [0.2, 0.25) is 0 Å². The third-order valence-electron chi connectivity index (χ3n) is 7.10. The molecule has 23 heavy (non-hydrogen) atoms. The van der Waals surface area contributed by atoms with Gasteiger partial charge in [0.2, 0.25) is 5.91 Å². The zero-order chi connectivity index (χ0) is 15.8.